The molecular formula is C12H18O4. The largest absolute Gasteiger partial charge is 0.481 e. The fraction of sp³-hybridized carbons (Fsp3) is 0.667. The van der Waals surface area contributed by atoms with E-state index in [1.54, 1.807) is 12.2 Å². The molecule has 0 aromatic rings. The Hall–Kier alpha value is -1.16. The SMILES string of the molecule is CCC=CC(O)C1C(=O)CCC1CC(=O)O. The van der Waals surface area contributed by atoms with Crippen LogP contribution >= 0.6 is 0 Å². The lowest BCUT2D eigenvalue weighted by Crippen LogP contribution is -2.29. The third-order valence-electron chi connectivity index (χ3n) is 3.01. The molecule has 1 fully saturated rings. The topological polar surface area (TPSA) is 74.6 Å². The standard InChI is InChI=1S/C12H18O4/c1-2-3-4-9(13)12-8(7-11(15)16)5-6-10(12)14/h3-4,8-9,12-13H,2,5-7H2,1H3,(H,15,16). The van der Waals surface area contributed by atoms with Gasteiger partial charge in [-0.2, -0.15) is 0 Å². The van der Waals surface area contributed by atoms with Crippen LogP contribution in [0, 0.1) is 11.8 Å². The van der Waals surface area contributed by atoms with E-state index < -0.39 is 18.0 Å². The van der Waals surface area contributed by atoms with Crippen LogP contribution in [0.5, 0.6) is 0 Å². The van der Waals surface area contributed by atoms with Gasteiger partial charge in [0.05, 0.1) is 12.0 Å². The molecule has 3 unspecified atom stereocenters. The van der Waals surface area contributed by atoms with E-state index in [1.165, 1.54) is 0 Å². The summed E-state index contributed by atoms with van der Waals surface area (Å²) < 4.78 is 0. The molecule has 0 aromatic carbocycles. The Kier molecular flexibility index (Phi) is 4.68. The quantitative estimate of drug-likeness (QED) is 0.694. The van der Waals surface area contributed by atoms with Gasteiger partial charge >= 0.3 is 5.97 Å². The van der Waals surface area contributed by atoms with Crippen LogP contribution in [0.2, 0.25) is 0 Å². The number of allylic oxidation sites excluding steroid dienone is 1. The van der Waals surface area contributed by atoms with Gasteiger partial charge in [0.2, 0.25) is 0 Å². The molecule has 0 aromatic heterocycles. The van der Waals surface area contributed by atoms with Crippen molar-refractivity contribution in [1.82, 2.24) is 0 Å². The molecule has 1 aliphatic carbocycles. The lowest BCUT2D eigenvalue weighted by molar-refractivity contribution is -0.138. The van der Waals surface area contributed by atoms with Gasteiger partial charge in [0.25, 0.3) is 0 Å². The average molecular weight is 226 g/mol. The van der Waals surface area contributed by atoms with Gasteiger partial charge in [-0.15, -0.1) is 0 Å². The molecule has 90 valence electrons. The number of carboxylic acids is 1. The molecule has 4 nitrogen and oxygen atoms in total. The number of aliphatic carboxylic acids is 1. The second-order valence-electron chi connectivity index (χ2n) is 4.22. The first kappa shape index (κ1) is 12.9. The molecule has 1 aliphatic rings. The normalized spacial score (nSPS) is 27.5. The summed E-state index contributed by atoms with van der Waals surface area (Å²) in [6, 6.07) is 0. The molecule has 0 spiro atoms. The number of carbonyl (C=O) groups is 2. The summed E-state index contributed by atoms with van der Waals surface area (Å²) in [6.07, 6.45) is 4.29. The Morgan fingerprint density at radius 1 is 1.62 bits per heavy atom. The van der Waals surface area contributed by atoms with Gasteiger partial charge in [-0.25, -0.2) is 0 Å². The first-order valence-corrected chi connectivity index (χ1v) is 5.65. The molecule has 0 bridgehead atoms. The van der Waals surface area contributed by atoms with Gasteiger partial charge in [0.1, 0.15) is 5.78 Å². The summed E-state index contributed by atoms with van der Waals surface area (Å²) >= 11 is 0. The number of carboxylic acid groups (broad SMARTS) is 1. The van der Waals surface area contributed by atoms with Crippen LogP contribution in [0.3, 0.4) is 0 Å². The van der Waals surface area contributed by atoms with E-state index in [0.29, 0.717) is 12.8 Å². The Morgan fingerprint density at radius 3 is 2.88 bits per heavy atom. The van der Waals surface area contributed by atoms with E-state index in [4.69, 9.17) is 5.11 Å². The molecule has 2 N–H and O–H groups in total. The van der Waals surface area contributed by atoms with Crippen molar-refractivity contribution in [2.45, 2.75) is 38.7 Å². The van der Waals surface area contributed by atoms with E-state index in [0.717, 1.165) is 6.42 Å². The number of rotatable bonds is 5. The molecule has 0 amide bonds. The number of ketones is 1. The van der Waals surface area contributed by atoms with E-state index in [2.05, 4.69) is 0 Å². The fourth-order valence-corrected chi connectivity index (χ4v) is 2.25. The summed E-state index contributed by atoms with van der Waals surface area (Å²) in [5, 5.41) is 18.6. The van der Waals surface area contributed by atoms with Crippen LogP contribution in [-0.4, -0.2) is 28.1 Å². The van der Waals surface area contributed by atoms with Gasteiger partial charge < -0.3 is 10.2 Å². The fourth-order valence-electron chi connectivity index (χ4n) is 2.25. The second-order valence-corrected chi connectivity index (χ2v) is 4.22. The number of aliphatic hydroxyl groups excluding tert-OH is 1. The maximum absolute atomic E-state index is 11.6. The zero-order valence-electron chi connectivity index (χ0n) is 9.43. The summed E-state index contributed by atoms with van der Waals surface area (Å²) in [6.45, 7) is 1.94. The van der Waals surface area contributed by atoms with Crippen molar-refractivity contribution in [2.75, 3.05) is 0 Å². The molecule has 16 heavy (non-hydrogen) atoms. The highest BCUT2D eigenvalue weighted by atomic mass is 16.4. The highest BCUT2D eigenvalue weighted by Crippen LogP contribution is 2.34. The third kappa shape index (κ3) is 3.17. The first-order chi connectivity index (χ1) is 7.56. The number of Topliss-reactive ketones (excluding diaryl/α,β-unsaturated/α-hetero) is 1. The van der Waals surface area contributed by atoms with Crippen molar-refractivity contribution in [3.63, 3.8) is 0 Å². The molecule has 0 radical (unpaired) electrons. The molecule has 0 aliphatic heterocycles. The van der Waals surface area contributed by atoms with Crippen LogP contribution < -0.4 is 0 Å². The lowest BCUT2D eigenvalue weighted by atomic mass is 9.87. The molecule has 3 atom stereocenters. The van der Waals surface area contributed by atoms with Crippen LogP contribution in [0.1, 0.15) is 32.6 Å². The van der Waals surface area contributed by atoms with Gasteiger partial charge in [-0.3, -0.25) is 9.59 Å². The smallest absolute Gasteiger partial charge is 0.303 e. The minimum absolute atomic E-state index is 0.0143. The minimum atomic E-state index is -0.906. The maximum atomic E-state index is 11.6. The van der Waals surface area contributed by atoms with Crippen molar-refractivity contribution in [3.8, 4) is 0 Å². The summed E-state index contributed by atoms with van der Waals surface area (Å²) in [7, 11) is 0. The number of hydrogen-bond acceptors (Lipinski definition) is 3. The van der Waals surface area contributed by atoms with Gasteiger partial charge in [0.15, 0.2) is 0 Å². The summed E-state index contributed by atoms with van der Waals surface area (Å²) in [5.74, 6) is -1.67. The Labute approximate surface area is 95.0 Å². The predicted octanol–water partition coefficient (Wildman–Crippen LogP) is 1.38. The molecule has 4 heteroatoms. The minimum Gasteiger partial charge on any atom is -0.481 e. The molecule has 1 rings (SSSR count). The summed E-state index contributed by atoms with van der Waals surface area (Å²) in [5.41, 5.74) is 0. The van der Waals surface area contributed by atoms with Crippen LogP contribution in [-0.2, 0) is 9.59 Å². The Bertz CT molecular complexity index is 295. The first-order valence-electron chi connectivity index (χ1n) is 5.65. The van der Waals surface area contributed by atoms with Crippen LogP contribution in [0.15, 0.2) is 12.2 Å². The average Bonchev–Trinajstić information content (AvgIpc) is 2.55. The number of hydrogen-bond donors (Lipinski definition) is 2. The lowest BCUT2D eigenvalue weighted by Gasteiger charge is -2.19. The van der Waals surface area contributed by atoms with Crippen molar-refractivity contribution in [1.29, 1.82) is 0 Å². The highest BCUT2D eigenvalue weighted by Gasteiger charge is 2.39. The number of aliphatic hydroxyl groups is 1. The van der Waals surface area contributed by atoms with Crippen LogP contribution in [0.4, 0.5) is 0 Å². The maximum Gasteiger partial charge on any atom is 0.303 e. The highest BCUT2D eigenvalue weighted by molar-refractivity contribution is 5.85. The second kappa shape index (κ2) is 5.80. The van der Waals surface area contributed by atoms with E-state index >= 15 is 0 Å². The van der Waals surface area contributed by atoms with E-state index in [1.807, 2.05) is 6.92 Å². The zero-order valence-corrected chi connectivity index (χ0v) is 9.43. The van der Waals surface area contributed by atoms with Crippen LogP contribution in [0.25, 0.3) is 0 Å². The Morgan fingerprint density at radius 2 is 2.31 bits per heavy atom. The third-order valence-corrected chi connectivity index (χ3v) is 3.01. The van der Waals surface area contributed by atoms with Crippen molar-refractivity contribution >= 4 is 11.8 Å². The zero-order chi connectivity index (χ0) is 12.1. The van der Waals surface area contributed by atoms with E-state index in [9.17, 15) is 14.7 Å². The van der Waals surface area contributed by atoms with E-state index in [-0.39, 0.29) is 18.1 Å². The Balaban J connectivity index is 2.69. The van der Waals surface area contributed by atoms with Gasteiger partial charge in [0, 0.05) is 12.8 Å². The van der Waals surface area contributed by atoms with Crippen molar-refractivity contribution < 1.29 is 19.8 Å². The predicted molar refractivity (Wildman–Crippen MR) is 58.9 cm³/mol. The monoisotopic (exact) mass is 226 g/mol. The van der Waals surface area contributed by atoms with Crippen molar-refractivity contribution in [2.24, 2.45) is 11.8 Å². The molecule has 0 saturated heterocycles. The summed E-state index contributed by atoms with van der Waals surface area (Å²) in [4.78, 5) is 22.2. The molecule has 0 heterocycles. The van der Waals surface area contributed by atoms with Gasteiger partial charge in [-0.1, -0.05) is 19.1 Å². The van der Waals surface area contributed by atoms with Crippen molar-refractivity contribution in [3.05, 3.63) is 12.2 Å². The number of carbonyl (C=O) groups excluding carboxylic acids is 1. The van der Waals surface area contributed by atoms with Gasteiger partial charge in [-0.05, 0) is 18.8 Å². The molecule has 1 saturated carbocycles. The molecular weight excluding hydrogens is 208 g/mol.